The number of allylic oxidation sites excluding steroid dienone is 8. The monoisotopic (exact) mass is 1060 g/mol. The summed E-state index contributed by atoms with van der Waals surface area (Å²) >= 11 is 0. The lowest BCUT2D eigenvalue weighted by atomic mass is 10.0. The molecule has 0 rings (SSSR count). The van der Waals surface area contributed by atoms with Gasteiger partial charge in [-0.2, -0.15) is 0 Å². The number of carbonyl (C=O) groups is 3. The maximum Gasteiger partial charge on any atom is 0.306 e. The second-order valence-corrected chi connectivity index (χ2v) is 22.7. The van der Waals surface area contributed by atoms with Crippen LogP contribution in [0.4, 0.5) is 0 Å². The van der Waals surface area contributed by atoms with Crippen LogP contribution in [0.3, 0.4) is 0 Å². The van der Waals surface area contributed by atoms with E-state index in [4.69, 9.17) is 14.2 Å². The van der Waals surface area contributed by atoms with Gasteiger partial charge in [0.1, 0.15) is 13.2 Å². The van der Waals surface area contributed by atoms with Gasteiger partial charge in [0.2, 0.25) is 0 Å². The summed E-state index contributed by atoms with van der Waals surface area (Å²) in [6, 6.07) is 0. The predicted octanol–water partition coefficient (Wildman–Crippen LogP) is 22.9. The molecular formula is C70H128O6. The first-order chi connectivity index (χ1) is 37.5. The zero-order valence-corrected chi connectivity index (χ0v) is 51.0. The largest absolute Gasteiger partial charge is 0.462 e. The van der Waals surface area contributed by atoms with Crippen molar-refractivity contribution in [2.24, 2.45) is 0 Å². The number of hydrogen-bond acceptors (Lipinski definition) is 6. The van der Waals surface area contributed by atoms with Crippen LogP contribution in [0.25, 0.3) is 0 Å². The second-order valence-electron chi connectivity index (χ2n) is 22.7. The topological polar surface area (TPSA) is 78.9 Å². The normalized spacial score (nSPS) is 12.3. The van der Waals surface area contributed by atoms with E-state index in [-0.39, 0.29) is 31.1 Å². The Kier molecular flexibility index (Phi) is 62.6. The van der Waals surface area contributed by atoms with Gasteiger partial charge in [0.05, 0.1) is 0 Å². The number of unbranched alkanes of at least 4 members (excludes halogenated alkanes) is 43. The van der Waals surface area contributed by atoms with Gasteiger partial charge in [-0.15, -0.1) is 0 Å². The molecule has 0 amide bonds. The van der Waals surface area contributed by atoms with Crippen molar-refractivity contribution in [3.8, 4) is 0 Å². The zero-order chi connectivity index (χ0) is 55.0. The van der Waals surface area contributed by atoms with Gasteiger partial charge in [0.25, 0.3) is 0 Å². The van der Waals surface area contributed by atoms with Gasteiger partial charge < -0.3 is 14.2 Å². The molecule has 0 aliphatic carbocycles. The first kappa shape index (κ1) is 73.4. The maximum absolute atomic E-state index is 12.9. The Hall–Kier alpha value is -2.63. The smallest absolute Gasteiger partial charge is 0.306 e. The average molecular weight is 1070 g/mol. The van der Waals surface area contributed by atoms with E-state index < -0.39 is 6.10 Å². The third-order valence-electron chi connectivity index (χ3n) is 15.1. The molecule has 76 heavy (non-hydrogen) atoms. The summed E-state index contributed by atoms with van der Waals surface area (Å²) in [6.45, 7) is 6.63. The SMILES string of the molecule is CCCCC/C=C\C/C=C\C/C=C\CCCCCCCCC(=O)OC(COC(=O)CCCCCCC/C=C\CCCCC)COC(=O)CCCCCCCCCCCCCCCCCCCCCCCCCCCCC. The van der Waals surface area contributed by atoms with E-state index in [0.717, 1.165) is 89.9 Å². The Morgan fingerprint density at radius 3 is 0.776 bits per heavy atom. The van der Waals surface area contributed by atoms with E-state index in [1.807, 2.05) is 0 Å². The minimum atomic E-state index is -0.782. The molecule has 0 aromatic rings. The molecule has 1 atom stereocenters. The average Bonchev–Trinajstić information content (AvgIpc) is 3.42. The van der Waals surface area contributed by atoms with Crippen LogP contribution in [-0.2, 0) is 28.6 Å². The molecule has 0 spiro atoms. The molecule has 0 saturated heterocycles. The van der Waals surface area contributed by atoms with Crippen LogP contribution in [-0.4, -0.2) is 37.2 Å². The van der Waals surface area contributed by atoms with Crippen molar-refractivity contribution in [1.29, 1.82) is 0 Å². The molecule has 1 unspecified atom stereocenters. The van der Waals surface area contributed by atoms with Gasteiger partial charge in [0, 0.05) is 19.3 Å². The number of rotatable bonds is 62. The summed E-state index contributed by atoms with van der Waals surface area (Å²) < 4.78 is 16.9. The van der Waals surface area contributed by atoms with Crippen LogP contribution in [0.2, 0.25) is 0 Å². The highest BCUT2D eigenvalue weighted by atomic mass is 16.6. The van der Waals surface area contributed by atoms with Gasteiger partial charge >= 0.3 is 17.9 Å². The van der Waals surface area contributed by atoms with Gasteiger partial charge in [0.15, 0.2) is 6.10 Å². The molecule has 0 aliphatic rings. The standard InChI is InChI=1S/C70H128O6/c1-4-7-10-13-16-19-22-25-27-29-31-32-33-34-35-36-37-38-40-41-43-45-48-51-54-57-60-63-69(72)75-66-67(65-74-68(71)62-59-56-53-50-47-24-21-18-15-12-9-6-3)76-70(73)64-61-58-55-52-49-46-44-42-39-30-28-26-23-20-17-14-11-8-5-2/h17-18,20-21,26,28,39,42,67H,4-16,19,22-25,27,29-38,40-41,43-66H2,1-3H3/b20-17-,21-18-,28-26-,42-39-. The summed E-state index contributed by atoms with van der Waals surface area (Å²) in [6.07, 6.45) is 81.4. The molecule has 444 valence electrons. The fraction of sp³-hybridized carbons (Fsp3) is 0.843. The Bertz CT molecular complexity index is 1310. The Morgan fingerprint density at radius 1 is 0.263 bits per heavy atom. The van der Waals surface area contributed by atoms with Crippen molar-refractivity contribution < 1.29 is 28.6 Å². The number of hydrogen-bond donors (Lipinski definition) is 0. The van der Waals surface area contributed by atoms with E-state index in [9.17, 15) is 14.4 Å². The summed E-state index contributed by atoms with van der Waals surface area (Å²) in [5.41, 5.74) is 0. The van der Waals surface area contributed by atoms with Gasteiger partial charge in [-0.1, -0.05) is 307 Å². The van der Waals surface area contributed by atoms with Crippen LogP contribution in [0.15, 0.2) is 48.6 Å². The molecule has 0 heterocycles. The van der Waals surface area contributed by atoms with Crippen molar-refractivity contribution in [3.05, 3.63) is 48.6 Å². The van der Waals surface area contributed by atoms with Crippen LogP contribution in [0.5, 0.6) is 0 Å². The van der Waals surface area contributed by atoms with E-state index >= 15 is 0 Å². The molecule has 0 N–H and O–H groups in total. The summed E-state index contributed by atoms with van der Waals surface area (Å²) in [7, 11) is 0. The lowest BCUT2D eigenvalue weighted by Crippen LogP contribution is -2.30. The predicted molar refractivity (Wildman–Crippen MR) is 330 cm³/mol. The van der Waals surface area contributed by atoms with Crippen LogP contribution in [0, 0.1) is 0 Å². The summed E-state index contributed by atoms with van der Waals surface area (Å²) in [4.78, 5) is 38.3. The highest BCUT2D eigenvalue weighted by molar-refractivity contribution is 5.71. The molecule has 6 nitrogen and oxygen atoms in total. The van der Waals surface area contributed by atoms with Crippen molar-refractivity contribution in [2.45, 2.75) is 367 Å². The number of carbonyl (C=O) groups excluding carboxylic acids is 3. The van der Waals surface area contributed by atoms with Gasteiger partial charge in [-0.05, 0) is 83.5 Å². The van der Waals surface area contributed by atoms with Gasteiger partial charge in [-0.3, -0.25) is 14.4 Å². The summed E-state index contributed by atoms with van der Waals surface area (Å²) in [5, 5.41) is 0. The third kappa shape index (κ3) is 62.2. The molecule has 0 bridgehead atoms. The second kappa shape index (κ2) is 64.9. The summed E-state index contributed by atoms with van der Waals surface area (Å²) in [5.74, 6) is -0.879. The fourth-order valence-corrected chi connectivity index (χ4v) is 9.98. The van der Waals surface area contributed by atoms with Crippen molar-refractivity contribution >= 4 is 17.9 Å². The molecule has 0 saturated carbocycles. The van der Waals surface area contributed by atoms with E-state index in [0.29, 0.717) is 19.3 Å². The highest BCUT2D eigenvalue weighted by Crippen LogP contribution is 2.18. The van der Waals surface area contributed by atoms with Crippen molar-refractivity contribution in [1.82, 2.24) is 0 Å². The first-order valence-corrected chi connectivity index (χ1v) is 33.6. The van der Waals surface area contributed by atoms with Crippen LogP contribution in [0.1, 0.15) is 361 Å². The quantitative estimate of drug-likeness (QED) is 0.0261. The maximum atomic E-state index is 12.9. The third-order valence-corrected chi connectivity index (χ3v) is 15.1. The number of esters is 3. The van der Waals surface area contributed by atoms with E-state index in [1.165, 1.54) is 231 Å². The fourth-order valence-electron chi connectivity index (χ4n) is 9.98. The molecule has 6 heteroatoms. The Morgan fingerprint density at radius 2 is 0.474 bits per heavy atom. The van der Waals surface area contributed by atoms with E-state index in [2.05, 4.69) is 69.4 Å². The van der Waals surface area contributed by atoms with Crippen LogP contribution < -0.4 is 0 Å². The molecule has 0 aromatic heterocycles. The molecule has 0 fully saturated rings. The lowest BCUT2D eigenvalue weighted by Gasteiger charge is -2.18. The molecule has 0 aromatic carbocycles. The molecule has 0 aliphatic heterocycles. The van der Waals surface area contributed by atoms with Crippen molar-refractivity contribution in [2.75, 3.05) is 13.2 Å². The number of ether oxygens (including phenoxy) is 3. The lowest BCUT2D eigenvalue weighted by molar-refractivity contribution is -0.167. The minimum absolute atomic E-state index is 0.0777. The highest BCUT2D eigenvalue weighted by Gasteiger charge is 2.19. The molecular weight excluding hydrogens is 937 g/mol. The van der Waals surface area contributed by atoms with Gasteiger partial charge in [-0.25, -0.2) is 0 Å². The Balaban J connectivity index is 4.22. The molecule has 0 radical (unpaired) electrons. The van der Waals surface area contributed by atoms with E-state index in [1.54, 1.807) is 0 Å². The van der Waals surface area contributed by atoms with Crippen LogP contribution >= 0.6 is 0 Å². The first-order valence-electron chi connectivity index (χ1n) is 33.6. The minimum Gasteiger partial charge on any atom is -0.462 e. The van der Waals surface area contributed by atoms with Crippen molar-refractivity contribution in [3.63, 3.8) is 0 Å². The zero-order valence-electron chi connectivity index (χ0n) is 51.0. The Labute approximate surface area is 473 Å².